The van der Waals surface area contributed by atoms with E-state index < -0.39 is 10.8 Å². The summed E-state index contributed by atoms with van der Waals surface area (Å²) in [4.78, 5) is 2.54. The Kier molecular flexibility index (Phi) is 9.70. The summed E-state index contributed by atoms with van der Waals surface area (Å²) in [6.07, 6.45) is 0. The van der Waals surface area contributed by atoms with Crippen LogP contribution in [0.4, 0.5) is 17.1 Å². The van der Waals surface area contributed by atoms with Gasteiger partial charge in [-0.3, -0.25) is 0 Å². The third-order valence-electron chi connectivity index (χ3n) is 14.8. The van der Waals surface area contributed by atoms with Crippen molar-refractivity contribution >= 4 is 17.1 Å². The van der Waals surface area contributed by atoms with E-state index in [2.05, 4.69) is 290 Å². The summed E-state index contributed by atoms with van der Waals surface area (Å²) >= 11 is 0. The fourth-order valence-electron chi connectivity index (χ4n) is 12.0. The van der Waals surface area contributed by atoms with E-state index >= 15 is 0 Å². The average molecular weight is 878 g/mol. The molecule has 0 radical (unpaired) electrons. The van der Waals surface area contributed by atoms with Gasteiger partial charge in [-0.25, -0.2) is 0 Å². The van der Waals surface area contributed by atoms with Crippen LogP contribution in [-0.4, -0.2) is 0 Å². The predicted octanol–water partition coefficient (Wildman–Crippen LogP) is 17.2. The predicted molar refractivity (Wildman–Crippen MR) is 287 cm³/mol. The summed E-state index contributed by atoms with van der Waals surface area (Å²) in [5.74, 6) is 0. The molecule has 0 amide bonds. The van der Waals surface area contributed by atoms with E-state index in [0.717, 1.165) is 28.2 Å². The zero-order valence-corrected chi connectivity index (χ0v) is 38.1. The minimum Gasteiger partial charge on any atom is -0.310 e. The Morgan fingerprint density at radius 2 is 0.594 bits per heavy atom. The van der Waals surface area contributed by atoms with E-state index in [-0.39, 0.29) is 0 Å². The van der Waals surface area contributed by atoms with E-state index in [4.69, 9.17) is 0 Å². The van der Waals surface area contributed by atoms with Crippen molar-refractivity contribution in [3.05, 3.63) is 330 Å². The van der Waals surface area contributed by atoms with E-state index in [9.17, 15) is 0 Å². The maximum absolute atomic E-state index is 2.54. The monoisotopic (exact) mass is 877 g/mol. The molecule has 11 aromatic rings. The van der Waals surface area contributed by atoms with Crippen molar-refractivity contribution in [3.8, 4) is 44.5 Å². The van der Waals surface area contributed by atoms with Gasteiger partial charge in [-0.2, -0.15) is 0 Å². The van der Waals surface area contributed by atoms with Gasteiger partial charge in [0.15, 0.2) is 0 Å². The highest BCUT2D eigenvalue weighted by Gasteiger charge is 2.49. The van der Waals surface area contributed by atoms with Gasteiger partial charge in [0.25, 0.3) is 0 Å². The number of fused-ring (bicyclic) bond motifs is 6. The first kappa shape index (κ1) is 40.5. The molecule has 69 heavy (non-hydrogen) atoms. The molecule has 2 aliphatic carbocycles. The van der Waals surface area contributed by atoms with Crippen molar-refractivity contribution in [2.75, 3.05) is 4.90 Å². The molecule has 0 unspecified atom stereocenters. The molecule has 2 aliphatic rings. The Labute approximate surface area is 404 Å². The number of hydrogen-bond donors (Lipinski definition) is 0. The summed E-state index contributed by atoms with van der Waals surface area (Å²) in [7, 11) is 0. The standard InChI is InChI=1S/C68H47N/c1-6-23-48(24-7-1)50-45-51(49-25-8-2-9-26-49)47-57(46-50)69(56-43-41-55(42-44-56)67(52-27-10-3-11-28-52)62-37-19-16-33-58(62)59-34-17-20-38-63(59)67)65-40-22-36-61-60-35-18-21-39-64(60)68(66(61)65,53-29-12-4-13-30-53)54-31-14-5-15-32-54/h1-47H. The molecule has 0 saturated heterocycles. The van der Waals surface area contributed by atoms with Crippen molar-refractivity contribution in [3.63, 3.8) is 0 Å². The van der Waals surface area contributed by atoms with Gasteiger partial charge in [-0.1, -0.05) is 249 Å². The largest absolute Gasteiger partial charge is 0.310 e. The van der Waals surface area contributed by atoms with Crippen LogP contribution in [0, 0.1) is 0 Å². The second kappa shape index (κ2) is 16.5. The lowest BCUT2D eigenvalue weighted by Crippen LogP contribution is -2.30. The molecule has 0 heterocycles. The van der Waals surface area contributed by atoms with Gasteiger partial charge < -0.3 is 4.90 Å². The van der Waals surface area contributed by atoms with Crippen molar-refractivity contribution in [1.29, 1.82) is 0 Å². The van der Waals surface area contributed by atoms with Crippen LogP contribution < -0.4 is 4.90 Å². The minimum atomic E-state index is -0.628. The second-order valence-corrected chi connectivity index (χ2v) is 18.3. The van der Waals surface area contributed by atoms with Crippen molar-refractivity contribution in [2.24, 2.45) is 0 Å². The fraction of sp³-hybridized carbons (Fsp3) is 0.0294. The van der Waals surface area contributed by atoms with Crippen LogP contribution in [0.15, 0.2) is 285 Å². The van der Waals surface area contributed by atoms with Crippen molar-refractivity contribution in [2.45, 2.75) is 10.8 Å². The molecule has 0 bridgehead atoms. The van der Waals surface area contributed by atoms with Gasteiger partial charge in [-0.05, 0) is 120 Å². The molecular weight excluding hydrogens is 831 g/mol. The van der Waals surface area contributed by atoms with Gasteiger partial charge in [-0.15, -0.1) is 0 Å². The SMILES string of the molecule is c1ccc(-c2cc(-c3ccccc3)cc(N(c3ccc(C4(c5ccccc5)c5ccccc5-c5ccccc54)cc3)c3cccc4c3C(c3ccccc3)(c3ccccc3)c3ccccc3-4)c2)cc1. The van der Waals surface area contributed by atoms with Gasteiger partial charge in [0, 0.05) is 16.9 Å². The molecule has 0 N–H and O–H groups in total. The number of benzene rings is 11. The molecule has 0 saturated carbocycles. The van der Waals surface area contributed by atoms with Gasteiger partial charge in [0.1, 0.15) is 0 Å². The summed E-state index contributed by atoms with van der Waals surface area (Å²) in [5, 5.41) is 0. The Morgan fingerprint density at radius 3 is 1.07 bits per heavy atom. The summed E-state index contributed by atoms with van der Waals surface area (Å²) in [5.41, 5.74) is 22.0. The highest BCUT2D eigenvalue weighted by molar-refractivity contribution is 5.96. The van der Waals surface area contributed by atoms with Crippen molar-refractivity contribution < 1.29 is 0 Å². The second-order valence-electron chi connectivity index (χ2n) is 18.3. The lowest BCUT2D eigenvalue weighted by Gasteiger charge is -2.38. The number of nitrogens with zero attached hydrogens (tertiary/aromatic N) is 1. The molecule has 0 fully saturated rings. The molecule has 1 nitrogen and oxygen atoms in total. The van der Waals surface area contributed by atoms with Crippen molar-refractivity contribution in [1.82, 2.24) is 0 Å². The van der Waals surface area contributed by atoms with Gasteiger partial charge in [0.2, 0.25) is 0 Å². The summed E-state index contributed by atoms with van der Waals surface area (Å²) in [6.45, 7) is 0. The van der Waals surface area contributed by atoms with E-state index in [1.165, 1.54) is 77.9 Å². The summed E-state index contributed by atoms with van der Waals surface area (Å²) < 4.78 is 0. The van der Waals surface area contributed by atoms with Crippen LogP contribution in [0.3, 0.4) is 0 Å². The molecule has 0 spiro atoms. The Bertz CT molecular complexity index is 3490. The average Bonchev–Trinajstić information content (AvgIpc) is 3.92. The quantitative estimate of drug-likeness (QED) is 0.140. The number of rotatable bonds is 9. The first-order valence-corrected chi connectivity index (χ1v) is 24.0. The normalized spacial score (nSPS) is 13.4. The third-order valence-corrected chi connectivity index (χ3v) is 14.8. The zero-order valence-electron chi connectivity index (χ0n) is 38.1. The molecular formula is C68H47N. The molecule has 13 rings (SSSR count). The molecule has 1 heteroatoms. The van der Waals surface area contributed by atoms with Crippen LogP contribution in [0.5, 0.6) is 0 Å². The molecule has 0 atom stereocenters. The highest BCUT2D eigenvalue weighted by Crippen LogP contribution is 2.61. The molecule has 0 aromatic heterocycles. The Morgan fingerprint density at radius 1 is 0.232 bits per heavy atom. The van der Waals surface area contributed by atoms with Gasteiger partial charge >= 0.3 is 0 Å². The number of anilines is 3. The van der Waals surface area contributed by atoms with Gasteiger partial charge in [0.05, 0.1) is 16.5 Å². The first-order chi connectivity index (χ1) is 34.2. The van der Waals surface area contributed by atoms with Crippen LogP contribution in [0.25, 0.3) is 44.5 Å². The lowest BCUT2D eigenvalue weighted by atomic mass is 9.67. The van der Waals surface area contributed by atoms with E-state index in [0.29, 0.717) is 0 Å². The topological polar surface area (TPSA) is 3.24 Å². The fourth-order valence-corrected chi connectivity index (χ4v) is 12.0. The van der Waals surface area contributed by atoms with Crippen LogP contribution in [0.1, 0.15) is 44.5 Å². The number of hydrogen-bond acceptors (Lipinski definition) is 1. The minimum absolute atomic E-state index is 0.517. The smallest absolute Gasteiger partial charge is 0.0734 e. The maximum atomic E-state index is 2.54. The van der Waals surface area contributed by atoms with E-state index in [1.54, 1.807) is 0 Å². The zero-order chi connectivity index (χ0) is 45.8. The molecule has 0 aliphatic heterocycles. The maximum Gasteiger partial charge on any atom is 0.0734 e. The molecule has 11 aromatic carbocycles. The van der Waals surface area contributed by atoms with Crippen LogP contribution in [0.2, 0.25) is 0 Å². The lowest BCUT2D eigenvalue weighted by molar-refractivity contribution is 0.766. The summed E-state index contributed by atoms with van der Waals surface area (Å²) in [6, 6.07) is 106. The van der Waals surface area contributed by atoms with Crippen LogP contribution in [-0.2, 0) is 10.8 Å². The first-order valence-electron chi connectivity index (χ1n) is 24.0. The highest BCUT2D eigenvalue weighted by atomic mass is 15.1. The third kappa shape index (κ3) is 6.24. The van der Waals surface area contributed by atoms with E-state index in [1.807, 2.05) is 0 Å². The van der Waals surface area contributed by atoms with Crippen LogP contribution >= 0.6 is 0 Å². The Hall–Kier alpha value is -8.78. The Balaban J connectivity index is 1.11. The molecule has 324 valence electrons.